The highest BCUT2D eigenvalue weighted by atomic mass is 15.2. The number of nitrogens with zero attached hydrogens (tertiary/aromatic N) is 3. The Morgan fingerprint density at radius 1 is 1.24 bits per heavy atom. The third-order valence-electron chi connectivity index (χ3n) is 5.29. The molecule has 3 rings (SSSR count). The average Bonchev–Trinajstić information content (AvgIpc) is 2.48. The van der Waals surface area contributed by atoms with Gasteiger partial charge < -0.3 is 4.90 Å². The minimum Gasteiger partial charge on any atom is -0.301 e. The van der Waals surface area contributed by atoms with Gasteiger partial charge in [-0.15, -0.1) is 0 Å². The molecule has 1 fully saturated rings. The highest BCUT2D eigenvalue weighted by Gasteiger charge is 2.41. The maximum absolute atomic E-state index is 9.07. The molecule has 112 valence electrons. The predicted molar refractivity (Wildman–Crippen MR) is 85.0 cm³/mol. The lowest BCUT2D eigenvalue weighted by Crippen LogP contribution is -2.53. The molecule has 0 aliphatic carbocycles. The Morgan fingerprint density at radius 3 is 2.62 bits per heavy atom. The van der Waals surface area contributed by atoms with Crippen molar-refractivity contribution in [1.82, 2.24) is 9.80 Å². The van der Waals surface area contributed by atoms with Crippen LogP contribution in [0.2, 0.25) is 0 Å². The van der Waals surface area contributed by atoms with Crippen molar-refractivity contribution in [1.29, 1.82) is 5.26 Å². The summed E-state index contributed by atoms with van der Waals surface area (Å²) in [6.07, 6.45) is 2.42. The van der Waals surface area contributed by atoms with Gasteiger partial charge in [0.25, 0.3) is 0 Å². The van der Waals surface area contributed by atoms with Crippen molar-refractivity contribution in [2.75, 3.05) is 26.2 Å². The standard InChI is InChI=1S/C18H25N3/c1-15(2)21-10-7-18(8-11-21)14-20(12-9-19)13-16-5-3-4-6-17(16)18/h3-6,15H,7-8,10-14H2,1-2H3. The summed E-state index contributed by atoms with van der Waals surface area (Å²) in [5.74, 6) is 0. The fraction of sp³-hybridized carbons (Fsp3) is 0.611. The summed E-state index contributed by atoms with van der Waals surface area (Å²) in [5, 5.41) is 9.07. The molecule has 0 saturated carbocycles. The number of likely N-dealkylation sites (tertiary alicyclic amines) is 1. The Labute approximate surface area is 128 Å². The predicted octanol–water partition coefficient (Wildman–Crippen LogP) is 2.77. The van der Waals surface area contributed by atoms with E-state index >= 15 is 0 Å². The molecule has 2 aliphatic rings. The summed E-state index contributed by atoms with van der Waals surface area (Å²) in [6, 6.07) is 11.8. The summed E-state index contributed by atoms with van der Waals surface area (Å²) in [5.41, 5.74) is 3.23. The Hall–Kier alpha value is -1.37. The molecule has 1 saturated heterocycles. The van der Waals surface area contributed by atoms with E-state index in [0.29, 0.717) is 12.6 Å². The molecule has 0 bridgehead atoms. The van der Waals surface area contributed by atoms with Gasteiger partial charge in [-0.05, 0) is 50.9 Å². The molecule has 1 aromatic carbocycles. The lowest BCUT2D eigenvalue weighted by atomic mass is 9.68. The second kappa shape index (κ2) is 5.79. The molecule has 0 amide bonds. The van der Waals surface area contributed by atoms with E-state index in [4.69, 9.17) is 5.26 Å². The topological polar surface area (TPSA) is 30.3 Å². The second-order valence-corrected chi connectivity index (χ2v) is 6.87. The van der Waals surface area contributed by atoms with E-state index in [1.807, 2.05) is 0 Å². The highest BCUT2D eigenvalue weighted by Crippen LogP contribution is 2.41. The van der Waals surface area contributed by atoms with Crippen molar-refractivity contribution in [2.45, 2.75) is 44.7 Å². The molecule has 0 N–H and O–H groups in total. The van der Waals surface area contributed by atoms with Gasteiger partial charge in [0.1, 0.15) is 0 Å². The van der Waals surface area contributed by atoms with E-state index in [1.165, 1.54) is 31.5 Å². The molecule has 0 aromatic heterocycles. The van der Waals surface area contributed by atoms with Crippen LogP contribution in [-0.2, 0) is 12.0 Å². The zero-order chi connectivity index (χ0) is 14.9. The van der Waals surface area contributed by atoms with E-state index in [1.54, 1.807) is 5.56 Å². The first kappa shape index (κ1) is 14.6. The monoisotopic (exact) mass is 283 g/mol. The third kappa shape index (κ3) is 2.71. The zero-order valence-electron chi connectivity index (χ0n) is 13.2. The summed E-state index contributed by atoms with van der Waals surface area (Å²) < 4.78 is 0. The SMILES string of the molecule is CC(C)N1CCC2(CC1)CN(CC#N)Cc1ccccc12. The van der Waals surface area contributed by atoms with Crippen LogP contribution < -0.4 is 0 Å². The first-order valence-electron chi connectivity index (χ1n) is 8.06. The fourth-order valence-corrected chi connectivity index (χ4v) is 4.09. The van der Waals surface area contributed by atoms with Crippen molar-refractivity contribution in [3.63, 3.8) is 0 Å². The Morgan fingerprint density at radius 2 is 1.95 bits per heavy atom. The number of rotatable bonds is 2. The fourth-order valence-electron chi connectivity index (χ4n) is 4.09. The summed E-state index contributed by atoms with van der Waals surface area (Å²) in [6.45, 7) is 9.44. The van der Waals surface area contributed by atoms with Crippen LogP contribution in [0.15, 0.2) is 24.3 Å². The number of nitriles is 1. The molecule has 0 unspecified atom stereocenters. The Balaban J connectivity index is 1.89. The van der Waals surface area contributed by atoms with Crippen LogP contribution in [0.3, 0.4) is 0 Å². The molecule has 0 atom stereocenters. The molecular formula is C18H25N3. The molecule has 1 aromatic rings. The van der Waals surface area contributed by atoms with Crippen molar-refractivity contribution in [3.05, 3.63) is 35.4 Å². The van der Waals surface area contributed by atoms with Crippen molar-refractivity contribution in [3.8, 4) is 6.07 Å². The van der Waals surface area contributed by atoms with Crippen LogP contribution in [-0.4, -0.2) is 42.0 Å². The molecule has 2 heterocycles. The van der Waals surface area contributed by atoms with Crippen molar-refractivity contribution in [2.24, 2.45) is 0 Å². The number of piperidine rings is 1. The molecule has 1 spiro atoms. The van der Waals surface area contributed by atoms with Crippen LogP contribution in [0.1, 0.15) is 37.8 Å². The lowest BCUT2D eigenvalue weighted by Gasteiger charge is -2.49. The Kier molecular flexibility index (Phi) is 4.01. The van der Waals surface area contributed by atoms with Crippen molar-refractivity contribution < 1.29 is 0 Å². The zero-order valence-corrected chi connectivity index (χ0v) is 13.2. The second-order valence-electron chi connectivity index (χ2n) is 6.87. The quantitative estimate of drug-likeness (QED) is 0.782. The van der Waals surface area contributed by atoms with Crippen LogP contribution in [0.25, 0.3) is 0 Å². The lowest BCUT2D eigenvalue weighted by molar-refractivity contribution is 0.0883. The van der Waals surface area contributed by atoms with Gasteiger partial charge in [0.15, 0.2) is 0 Å². The maximum atomic E-state index is 9.07. The van der Waals surface area contributed by atoms with Gasteiger partial charge in [0.05, 0.1) is 12.6 Å². The largest absolute Gasteiger partial charge is 0.301 e. The van der Waals surface area contributed by atoms with Crippen molar-refractivity contribution >= 4 is 0 Å². The Bertz CT molecular complexity index is 536. The van der Waals surface area contributed by atoms with Gasteiger partial charge in [0.2, 0.25) is 0 Å². The summed E-state index contributed by atoms with van der Waals surface area (Å²) >= 11 is 0. The first-order valence-corrected chi connectivity index (χ1v) is 8.06. The number of hydrogen-bond acceptors (Lipinski definition) is 3. The van der Waals surface area contributed by atoms with Gasteiger partial charge in [-0.3, -0.25) is 4.90 Å². The molecule has 2 aliphatic heterocycles. The number of fused-ring (bicyclic) bond motifs is 2. The molecular weight excluding hydrogens is 258 g/mol. The van der Waals surface area contributed by atoms with E-state index < -0.39 is 0 Å². The normalized spacial score (nSPS) is 22.2. The summed E-state index contributed by atoms with van der Waals surface area (Å²) in [7, 11) is 0. The van der Waals surface area contributed by atoms with E-state index in [9.17, 15) is 0 Å². The minimum atomic E-state index is 0.261. The van der Waals surface area contributed by atoms with Crippen LogP contribution in [0, 0.1) is 11.3 Å². The minimum absolute atomic E-state index is 0.261. The molecule has 3 heteroatoms. The van der Waals surface area contributed by atoms with E-state index in [2.05, 4.69) is 54.0 Å². The van der Waals surface area contributed by atoms with Gasteiger partial charge in [0, 0.05) is 24.5 Å². The van der Waals surface area contributed by atoms with Gasteiger partial charge >= 0.3 is 0 Å². The molecule has 0 radical (unpaired) electrons. The van der Waals surface area contributed by atoms with Gasteiger partial charge in [-0.25, -0.2) is 0 Å². The first-order chi connectivity index (χ1) is 10.1. The number of hydrogen-bond donors (Lipinski definition) is 0. The van der Waals surface area contributed by atoms with Crippen LogP contribution in [0.4, 0.5) is 0 Å². The average molecular weight is 283 g/mol. The summed E-state index contributed by atoms with van der Waals surface area (Å²) in [4.78, 5) is 4.91. The third-order valence-corrected chi connectivity index (χ3v) is 5.29. The van der Waals surface area contributed by atoms with Gasteiger partial charge in [-0.2, -0.15) is 5.26 Å². The maximum Gasteiger partial charge on any atom is 0.0869 e. The van der Waals surface area contributed by atoms with E-state index in [0.717, 1.165) is 13.1 Å². The van der Waals surface area contributed by atoms with Gasteiger partial charge in [-0.1, -0.05) is 24.3 Å². The molecule has 21 heavy (non-hydrogen) atoms. The smallest absolute Gasteiger partial charge is 0.0869 e. The van der Waals surface area contributed by atoms with Crippen LogP contribution in [0.5, 0.6) is 0 Å². The van der Waals surface area contributed by atoms with E-state index in [-0.39, 0.29) is 5.41 Å². The van der Waals surface area contributed by atoms with Crippen LogP contribution >= 0.6 is 0 Å². The molecule has 3 nitrogen and oxygen atoms in total. The highest BCUT2D eigenvalue weighted by molar-refractivity contribution is 5.38. The number of benzene rings is 1.